The van der Waals surface area contributed by atoms with E-state index in [1.807, 2.05) is 0 Å². The SMILES string of the molecule is CCOc1nc(C(F)F)ccc1-c1ccc2cnc(CNC(=O)c3cc(C(F)F)c4c(c3)S(=O)(=O)[C@@H](F)COC4)cc2n1. The minimum Gasteiger partial charge on any atom is -0.477 e. The first kappa shape index (κ1) is 30.2. The molecule has 0 fully saturated rings. The molecule has 1 aromatic carbocycles. The normalized spacial score (nSPS) is 16.2. The number of alkyl halides is 5. The molecule has 1 atom stereocenters. The maximum absolute atomic E-state index is 14.3. The second-order valence-electron chi connectivity index (χ2n) is 9.38. The average molecular weight is 623 g/mol. The molecule has 3 aromatic heterocycles. The highest BCUT2D eigenvalue weighted by Gasteiger charge is 2.36. The molecule has 0 aliphatic carbocycles. The molecule has 0 saturated heterocycles. The standard InChI is InChI=1S/C28H23F5N4O5S/c1-2-42-28-17(4-6-21(37-28)26(32)33)20-5-3-14-10-34-16(9-22(14)36-20)11-35-27(38)15-7-18(25(30)31)19-12-41-13-24(29)43(39,40)23(19)8-15/h3-10,24-26H,2,11-13H2,1H3,(H,35,38)/t24-/m1/s1. The van der Waals surface area contributed by atoms with E-state index < -0.39 is 74.6 Å². The van der Waals surface area contributed by atoms with E-state index in [4.69, 9.17) is 9.47 Å². The molecule has 5 rings (SSSR count). The monoisotopic (exact) mass is 622 g/mol. The van der Waals surface area contributed by atoms with Crippen molar-refractivity contribution < 1.29 is 44.6 Å². The number of benzene rings is 1. The fourth-order valence-electron chi connectivity index (χ4n) is 4.48. The molecule has 0 spiro atoms. The molecule has 15 heteroatoms. The van der Waals surface area contributed by atoms with Gasteiger partial charge < -0.3 is 14.8 Å². The molecule has 1 N–H and O–H groups in total. The number of pyridine rings is 3. The van der Waals surface area contributed by atoms with Crippen LogP contribution in [0.15, 0.2) is 53.6 Å². The number of nitrogens with zero attached hydrogens (tertiary/aromatic N) is 3. The Bertz CT molecular complexity index is 1810. The molecule has 1 amide bonds. The van der Waals surface area contributed by atoms with Crippen LogP contribution in [0.3, 0.4) is 0 Å². The lowest BCUT2D eigenvalue weighted by molar-refractivity contribution is 0.0914. The molecule has 226 valence electrons. The summed E-state index contributed by atoms with van der Waals surface area (Å²) < 4.78 is 104. The number of carbonyl (C=O) groups excluding carboxylic acids is 1. The molecule has 43 heavy (non-hydrogen) atoms. The summed E-state index contributed by atoms with van der Waals surface area (Å²) in [5, 5.41) is 3.12. The van der Waals surface area contributed by atoms with E-state index in [-0.39, 0.29) is 19.0 Å². The molecule has 4 heterocycles. The maximum atomic E-state index is 14.3. The van der Waals surface area contributed by atoms with Crippen molar-refractivity contribution in [1.29, 1.82) is 0 Å². The minimum absolute atomic E-state index is 0.00901. The first-order valence-corrected chi connectivity index (χ1v) is 14.4. The molecular weight excluding hydrogens is 599 g/mol. The van der Waals surface area contributed by atoms with Gasteiger partial charge in [0.05, 0.1) is 53.7 Å². The van der Waals surface area contributed by atoms with Crippen LogP contribution in [0.25, 0.3) is 22.2 Å². The quantitative estimate of drug-likeness (QED) is 0.256. The third kappa shape index (κ3) is 6.13. The van der Waals surface area contributed by atoms with Gasteiger partial charge in [-0.25, -0.2) is 40.3 Å². The molecule has 0 unspecified atom stereocenters. The van der Waals surface area contributed by atoms with Crippen LogP contribution in [0.5, 0.6) is 5.88 Å². The molecule has 4 aromatic rings. The van der Waals surface area contributed by atoms with Gasteiger partial charge in [0.15, 0.2) is 0 Å². The van der Waals surface area contributed by atoms with Gasteiger partial charge in [0.25, 0.3) is 18.8 Å². The van der Waals surface area contributed by atoms with Gasteiger partial charge in [0.2, 0.25) is 21.2 Å². The van der Waals surface area contributed by atoms with Crippen LogP contribution < -0.4 is 10.1 Å². The average Bonchev–Trinajstić information content (AvgIpc) is 3.09. The van der Waals surface area contributed by atoms with Crippen molar-refractivity contribution in [3.8, 4) is 17.1 Å². The number of amides is 1. The Balaban J connectivity index is 1.42. The van der Waals surface area contributed by atoms with Crippen LogP contribution in [-0.4, -0.2) is 48.0 Å². The van der Waals surface area contributed by atoms with Crippen LogP contribution in [0.1, 0.15) is 52.6 Å². The van der Waals surface area contributed by atoms with Gasteiger partial charge in [-0.2, -0.15) is 0 Å². The van der Waals surface area contributed by atoms with Gasteiger partial charge in [0.1, 0.15) is 5.69 Å². The molecule has 0 radical (unpaired) electrons. The van der Waals surface area contributed by atoms with E-state index >= 15 is 0 Å². The highest BCUT2D eigenvalue weighted by atomic mass is 32.2. The van der Waals surface area contributed by atoms with Gasteiger partial charge in [-0.05, 0) is 49.4 Å². The van der Waals surface area contributed by atoms with Crippen LogP contribution in [0.4, 0.5) is 22.0 Å². The van der Waals surface area contributed by atoms with E-state index in [0.29, 0.717) is 27.9 Å². The number of hydrogen-bond donors (Lipinski definition) is 1. The van der Waals surface area contributed by atoms with Crippen molar-refractivity contribution in [3.05, 3.63) is 76.7 Å². The van der Waals surface area contributed by atoms with Crippen molar-refractivity contribution in [3.63, 3.8) is 0 Å². The van der Waals surface area contributed by atoms with Crippen LogP contribution >= 0.6 is 0 Å². The van der Waals surface area contributed by atoms with E-state index in [9.17, 15) is 35.2 Å². The summed E-state index contributed by atoms with van der Waals surface area (Å²) in [4.78, 5) is 24.9. The van der Waals surface area contributed by atoms with E-state index in [2.05, 4.69) is 20.3 Å². The highest BCUT2D eigenvalue weighted by molar-refractivity contribution is 7.92. The number of halogens is 5. The predicted octanol–water partition coefficient (Wildman–Crippen LogP) is 5.50. The Labute approximate surface area is 242 Å². The van der Waals surface area contributed by atoms with E-state index in [1.165, 1.54) is 18.3 Å². The summed E-state index contributed by atoms with van der Waals surface area (Å²) in [6, 6.07) is 9.22. The first-order chi connectivity index (χ1) is 20.5. The zero-order valence-electron chi connectivity index (χ0n) is 22.4. The number of fused-ring (bicyclic) bond motifs is 2. The number of rotatable bonds is 8. The highest BCUT2D eigenvalue weighted by Crippen LogP contribution is 2.35. The zero-order valence-corrected chi connectivity index (χ0v) is 23.2. The largest absolute Gasteiger partial charge is 0.477 e. The third-order valence-corrected chi connectivity index (χ3v) is 8.39. The lowest BCUT2D eigenvalue weighted by atomic mass is 10.0. The number of sulfone groups is 1. The third-order valence-electron chi connectivity index (χ3n) is 6.60. The summed E-state index contributed by atoms with van der Waals surface area (Å²) in [6.07, 6.45) is -4.45. The molecule has 0 bridgehead atoms. The number of carbonyl (C=O) groups is 1. The van der Waals surface area contributed by atoms with E-state index in [0.717, 1.165) is 12.1 Å². The Morgan fingerprint density at radius 3 is 2.60 bits per heavy atom. The van der Waals surface area contributed by atoms with E-state index in [1.54, 1.807) is 25.1 Å². The van der Waals surface area contributed by atoms with Crippen LogP contribution in [0, 0.1) is 0 Å². The number of nitrogens with one attached hydrogen (secondary N) is 1. The van der Waals surface area contributed by atoms with Gasteiger partial charge in [0, 0.05) is 28.3 Å². The summed E-state index contributed by atoms with van der Waals surface area (Å²) in [7, 11) is -4.68. The summed E-state index contributed by atoms with van der Waals surface area (Å²) in [5.41, 5.74) is -2.95. The lowest BCUT2D eigenvalue weighted by Gasteiger charge is -2.15. The van der Waals surface area contributed by atoms with Crippen LogP contribution in [0.2, 0.25) is 0 Å². The summed E-state index contributed by atoms with van der Waals surface area (Å²) in [5.74, 6) is -0.902. The van der Waals surface area contributed by atoms with Crippen molar-refractivity contribution in [1.82, 2.24) is 20.3 Å². The summed E-state index contributed by atoms with van der Waals surface area (Å²) in [6.45, 7) is 0.301. The molecule has 9 nitrogen and oxygen atoms in total. The Kier molecular flexibility index (Phi) is 8.55. The van der Waals surface area contributed by atoms with Gasteiger partial charge in [-0.1, -0.05) is 0 Å². The Hall–Kier alpha value is -4.24. The smallest absolute Gasteiger partial charge is 0.280 e. The predicted molar refractivity (Wildman–Crippen MR) is 143 cm³/mol. The van der Waals surface area contributed by atoms with Gasteiger partial charge in [-0.15, -0.1) is 0 Å². The molecule has 1 aliphatic rings. The second-order valence-corrected chi connectivity index (χ2v) is 11.4. The zero-order chi connectivity index (χ0) is 30.9. The molecular formula is C28H23F5N4O5S. The van der Waals surface area contributed by atoms with Crippen molar-refractivity contribution in [2.75, 3.05) is 13.2 Å². The van der Waals surface area contributed by atoms with Crippen molar-refractivity contribution >= 4 is 26.6 Å². The van der Waals surface area contributed by atoms with Gasteiger partial charge >= 0.3 is 0 Å². The van der Waals surface area contributed by atoms with Crippen LogP contribution in [-0.2, 0) is 27.7 Å². The van der Waals surface area contributed by atoms with Crippen molar-refractivity contribution in [2.45, 2.75) is 43.3 Å². The lowest BCUT2D eigenvalue weighted by Crippen LogP contribution is -2.25. The molecule has 1 aliphatic heterocycles. The Morgan fingerprint density at radius 1 is 1.09 bits per heavy atom. The number of aromatic nitrogens is 3. The Morgan fingerprint density at radius 2 is 1.88 bits per heavy atom. The number of ether oxygens (including phenoxy) is 2. The molecule has 0 saturated carbocycles. The van der Waals surface area contributed by atoms with Crippen molar-refractivity contribution in [2.24, 2.45) is 0 Å². The second kappa shape index (κ2) is 12.2. The minimum atomic E-state index is -4.68. The fraction of sp³-hybridized carbons (Fsp3) is 0.286. The number of hydrogen-bond acceptors (Lipinski definition) is 8. The first-order valence-electron chi connectivity index (χ1n) is 12.9. The van der Waals surface area contributed by atoms with Gasteiger partial charge in [-0.3, -0.25) is 9.78 Å². The summed E-state index contributed by atoms with van der Waals surface area (Å²) >= 11 is 0. The maximum Gasteiger partial charge on any atom is 0.280 e. The fourth-order valence-corrected chi connectivity index (χ4v) is 5.84. The topological polar surface area (TPSA) is 120 Å².